The number of aromatic nitrogens is 2. The third kappa shape index (κ3) is 1.69. The molecule has 0 aromatic carbocycles. The van der Waals surface area contributed by atoms with Gasteiger partial charge in [-0.15, -0.1) is 0 Å². The first-order chi connectivity index (χ1) is 6.83. The standard InChI is InChI=1S/C11H19N3/c1-12-8-9-4-3-5-10(9)11-13-6-7-14(11)2/h6-7,9-10,12H,3-5,8H2,1-2H3. The molecule has 0 bridgehead atoms. The Bertz CT molecular complexity index is 292. The van der Waals surface area contributed by atoms with E-state index in [-0.39, 0.29) is 0 Å². The minimum atomic E-state index is 0.669. The van der Waals surface area contributed by atoms with Crippen LogP contribution in [0, 0.1) is 5.92 Å². The largest absolute Gasteiger partial charge is 0.338 e. The van der Waals surface area contributed by atoms with Gasteiger partial charge in [-0.3, -0.25) is 0 Å². The van der Waals surface area contributed by atoms with Gasteiger partial charge in [0.05, 0.1) is 0 Å². The lowest BCUT2D eigenvalue weighted by Gasteiger charge is -2.18. The molecule has 3 nitrogen and oxygen atoms in total. The molecular weight excluding hydrogens is 174 g/mol. The smallest absolute Gasteiger partial charge is 0.111 e. The van der Waals surface area contributed by atoms with Crippen LogP contribution in [0.25, 0.3) is 0 Å². The first-order valence-corrected chi connectivity index (χ1v) is 5.44. The average Bonchev–Trinajstić information content (AvgIpc) is 2.74. The zero-order valence-corrected chi connectivity index (χ0v) is 9.03. The molecule has 1 heterocycles. The molecule has 0 radical (unpaired) electrons. The summed E-state index contributed by atoms with van der Waals surface area (Å²) in [6.45, 7) is 1.12. The third-order valence-electron chi connectivity index (χ3n) is 3.32. The molecule has 78 valence electrons. The maximum absolute atomic E-state index is 4.47. The first-order valence-electron chi connectivity index (χ1n) is 5.44. The van der Waals surface area contributed by atoms with Gasteiger partial charge >= 0.3 is 0 Å². The Morgan fingerprint density at radius 3 is 3.07 bits per heavy atom. The van der Waals surface area contributed by atoms with Crippen LogP contribution in [0.15, 0.2) is 12.4 Å². The minimum absolute atomic E-state index is 0.669. The first kappa shape index (κ1) is 9.71. The Labute approximate surface area is 85.5 Å². The molecule has 1 aromatic rings. The van der Waals surface area contributed by atoms with E-state index in [9.17, 15) is 0 Å². The van der Waals surface area contributed by atoms with Gasteiger partial charge in [0.25, 0.3) is 0 Å². The van der Waals surface area contributed by atoms with E-state index < -0.39 is 0 Å². The molecule has 14 heavy (non-hydrogen) atoms. The number of rotatable bonds is 3. The van der Waals surface area contributed by atoms with Crippen molar-refractivity contribution in [2.75, 3.05) is 13.6 Å². The molecule has 1 aliphatic carbocycles. The number of aryl methyl sites for hydroxylation is 1. The molecule has 1 saturated carbocycles. The second-order valence-corrected chi connectivity index (χ2v) is 4.25. The molecule has 2 rings (SSSR count). The van der Waals surface area contributed by atoms with Crippen LogP contribution >= 0.6 is 0 Å². The van der Waals surface area contributed by atoms with E-state index in [2.05, 4.69) is 21.9 Å². The van der Waals surface area contributed by atoms with Gasteiger partial charge in [-0.25, -0.2) is 4.98 Å². The second-order valence-electron chi connectivity index (χ2n) is 4.25. The van der Waals surface area contributed by atoms with Crippen molar-refractivity contribution in [2.24, 2.45) is 13.0 Å². The highest BCUT2D eigenvalue weighted by Crippen LogP contribution is 2.38. The van der Waals surface area contributed by atoms with E-state index in [4.69, 9.17) is 0 Å². The molecule has 0 spiro atoms. The van der Waals surface area contributed by atoms with Crippen molar-refractivity contribution >= 4 is 0 Å². The number of nitrogens with one attached hydrogen (secondary N) is 1. The molecule has 2 atom stereocenters. The van der Waals surface area contributed by atoms with Gasteiger partial charge in [0.2, 0.25) is 0 Å². The van der Waals surface area contributed by atoms with Gasteiger partial charge < -0.3 is 9.88 Å². The molecular formula is C11H19N3. The highest BCUT2D eigenvalue weighted by molar-refractivity contribution is 5.05. The summed E-state index contributed by atoms with van der Waals surface area (Å²) in [6, 6.07) is 0. The van der Waals surface area contributed by atoms with Crippen molar-refractivity contribution in [1.82, 2.24) is 14.9 Å². The maximum Gasteiger partial charge on any atom is 0.111 e. The van der Waals surface area contributed by atoms with Crippen LogP contribution in [0.5, 0.6) is 0 Å². The van der Waals surface area contributed by atoms with E-state index >= 15 is 0 Å². The van der Waals surface area contributed by atoms with Crippen LogP contribution in [-0.2, 0) is 7.05 Å². The fourth-order valence-electron chi connectivity index (χ4n) is 2.62. The average molecular weight is 193 g/mol. The van der Waals surface area contributed by atoms with E-state index in [1.54, 1.807) is 0 Å². The van der Waals surface area contributed by atoms with Gasteiger partial charge in [0.1, 0.15) is 5.82 Å². The quantitative estimate of drug-likeness (QED) is 0.789. The summed E-state index contributed by atoms with van der Waals surface area (Å²) < 4.78 is 2.17. The summed E-state index contributed by atoms with van der Waals surface area (Å²) in [5.74, 6) is 2.71. The highest BCUT2D eigenvalue weighted by atomic mass is 15.0. The fraction of sp³-hybridized carbons (Fsp3) is 0.727. The van der Waals surface area contributed by atoms with Crippen molar-refractivity contribution in [1.29, 1.82) is 0 Å². The van der Waals surface area contributed by atoms with Crippen LogP contribution < -0.4 is 5.32 Å². The van der Waals surface area contributed by atoms with Crippen LogP contribution in [0.4, 0.5) is 0 Å². The summed E-state index contributed by atoms with van der Waals surface area (Å²) in [4.78, 5) is 4.47. The second kappa shape index (κ2) is 4.13. The molecule has 0 aliphatic heterocycles. The Morgan fingerprint density at radius 2 is 2.43 bits per heavy atom. The van der Waals surface area contributed by atoms with E-state index in [0.29, 0.717) is 5.92 Å². The zero-order valence-electron chi connectivity index (χ0n) is 9.03. The van der Waals surface area contributed by atoms with Crippen molar-refractivity contribution in [3.63, 3.8) is 0 Å². The van der Waals surface area contributed by atoms with Crippen molar-refractivity contribution < 1.29 is 0 Å². The van der Waals surface area contributed by atoms with E-state index in [1.165, 1.54) is 25.1 Å². The number of nitrogens with zero attached hydrogens (tertiary/aromatic N) is 2. The molecule has 3 heteroatoms. The van der Waals surface area contributed by atoms with Crippen LogP contribution in [0.1, 0.15) is 31.0 Å². The molecule has 1 aliphatic rings. The SMILES string of the molecule is CNCC1CCCC1c1nccn1C. The predicted molar refractivity (Wildman–Crippen MR) is 57.2 cm³/mol. The Kier molecular flexibility index (Phi) is 2.87. The minimum Gasteiger partial charge on any atom is -0.338 e. The molecule has 2 unspecified atom stereocenters. The van der Waals surface area contributed by atoms with Gasteiger partial charge in [-0.05, 0) is 32.4 Å². The van der Waals surface area contributed by atoms with E-state index in [1.807, 2.05) is 19.4 Å². The molecule has 0 amide bonds. The lowest BCUT2D eigenvalue weighted by Crippen LogP contribution is -2.22. The van der Waals surface area contributed by atoms with Crippen molar-refractivity contribution in [3.8, 4) is 0 Å². The summed E-state index contributed by atoms with van der Waals surface area (Å²) in [7, 11) is 4.13. The number of imidazole rings is 1. The summed E-state index contributed by atoms with van der Waals surface area (Å²) in [6.07, 6.45) is 7.95. The maximum atomic E-state index is 4.47. The summed E-state index contributed by atoms with van der Waals surface area (Å²) in [5, 5.41) is 3.28. The molecule has 1 fully saturated rings. The topological polar surface area (TPSA) is 29.9 Å². The summed E-state index contributed by atoms with van der Waals surface area (Å²) >= 11 is 0. The van der Waals surface area contributed by atoms with Gasteiger partial charge in [-0.2, -0.15) is 0 Å². The van der Waals surface area contributed by atoms with Crippen LogP contribution in [0.2, 0.25) is 0 Å². The van der Waals surface area contributed by atoms with Crippen molar-refractivity contribution in [2.45, 2.75) is 25.2 Å². The predicted octanol–water partition coefficient (Wildman–Crippen LogP) is 1.52. The summed E-state index contributed by atoms with van der Waals surface area (Å²) in [5.41, 5.74) is 0. The van der Waals surface area contributed by atoms with E-state index in [0.717, 1.165) is 12.5 Å². The number of hydrogen-bond acceptors (Lipinski definition) is 2. The molecule has 1 aromatic heterocycles. The Hall–Kier alpha value is -0.830. The molecule has 0 saturated heterocycles. The fourth-order valence-corrected chi connectivity index (χ4v) is 2.62. The van der Waals surface area contributed by atoms with Gasteiger partial charge in [-0.1, -0.05) is 6.42 Å². The van der Waals surface area contributed by atoms with Gasteiger partial charge in [0, 0.05) is 25.4 Å². The Balaban J connectivity index is 2.13. The highest BCUT2D eigenvalue weighted by Gasteiger charge is 2.30. The zero-order chi connectivity index (χ0) is 9.97. The lowest BCUT2D eigenvalue weighted by molar-refractivity contribution is 0.440. The number of hydrogen-bond donors (Lipinski definition) is 1. The van der Waals surface area contributed by atoms with Crippen LogP contribution in [-0.4, -0.2) is 23.1 Å². The third-order valence-corrected chi connectivity index (χ3v) is 3.32. The Morgan fingerprint density at radius 1 is 1.57 bits per heavy atom. The monoisotopic (exact) mass is 193 g/mol. The van der Waals surface area contributed by atoms with Crippen molar-refractivity contribution in [3.05, 3.63) is 18.2 Å². The van der Waals surface area contributed by atoms with Crippen LogP contribution in [0.3, 0.4) is 0 Å². The normalized spacial score (nSPS) is 27.0. The van der Waals surface area contributed by atoms with Gasteiger partial charge in [0.15, 0.2) is 0 Å². The molecule has 1 N–H and O–H groups in total. The lowest BCUT2D eigenvalue weighted by atomic mass is 9.95.